The van der Waals surface area contributed by atoms with Crippen LogP contribution in [0.3, 0.4) is 0 Å². The fraction of sp³-hybridized carbons (Fsp3) is 0.0455. The lowest BCUT2D eigenvalue weighted by atomic mass is 10.3. The number of aliphatic carboxylic acids is 1. The summed E-state index contributed by atoms with van der Waals surface area (Å²) in [5.41, 5.74) is 0.185. The quantitative estimate of drug-likeness (QED) is 0.260. The van der Waals surface area contributed by atoms with Crippen LogP contribution in [0.2, 0.25) is 0 Å². The zero-order valence-electron chi connectivity index (χ0n) is 17.2. The molecule has 3 heterocycles. The van der Waals surface area contributed by atoms with Gasteiger partial charge in [-0.2, -0.15) is 0 Å². The van der Waals surface area contributed by atoms with Crippen molar-refractivity contribution in [3.8, 4) is 0 Å². The number of nitrogens with one attached hydrogen (secondary N) is 1. The summed E-state index contributed by atoms with van der Waals surface area (Å²) in [7, 11) is 0. The number of benzene rings is 1. The number of pyridine rings is 2. The molecule has 3 aromatic heterocycles. The molecule has 0 radical (unpaired) electrons. The number of hydrogen-bond donors (Lipinski definition) is 2. The van der Waals surface area contributed by atoms with Gasteiger partial charge in [0.15, 0.2) is 5.13 Å². The number of rotatable bonds is 9. The number of carboxylic acid groups (broad SMARTS) is 1. The highest BCUT2D eigenvalue weighted by Crippen LogP contribution is 2.34. The van der Waals surface area contributed by atoms with Gasteiger partial charge < -0.3 is 5.11 Å². The summed E-state index contributed by atoms with van der Waals surface area (Å²) in [6.07, 6.45) is 3.19. The first-order valence-electron chi connectivity index (χ1n) is 9.61. The second-order valence-corrected chi connectivity index (χ2v) is 10.9. The average Bonchev–Trinajstić information content (AvgIpc) is 3.28. The van der Waals surface area contributed by atoms with Crippen molar-refractivity contribution in [1.29, 1.82) is 0 Å². The molecule has 0 atom stereocenters. The Morgan fingerprint density at radius 2 is 1.82 bits per heavy atom. The number of hydrogen-bond acceptors (Lipinski definition) is 9. The Labute approximate surface area is 210 Å². The van der Waals surface area contributed by atoms with E-state index in [0.29, 0.717) is 19.3 Å². The van der Waals surface area contributed by atoms with Crippen LogP contribution in [0.25, 0.3) is 0 Å². The van der Waals surface area contributed by atoms with E-state index in [0.717, 1.165) is 21.7 Å². The van der Waals surface area contributed by atoms with Crippen LogP contribution in [0.4, 0.5) is 9.52 Å². The van der Waals surface area contributed by atoms with Gasteiger partial charge >= 0.3 is 5.97 Å². The lowest BCUT2D eigenvalue weighted by Gasteiger charge is -2.10. The number of carbonyl (C=O) groups is 2. The fourth-order valence-electron chi connectivity index (χ4n) is 2.55. The van der Waals surface area contributed by atoms with Gasteiger partial charge in [-0.15, -0.1) is 11.8 Å². The molecule has 0 spiro atoms. The number of thioether (sulfide) groups is 1. The highest BCUT2D eigenvalue weighted by molar-refractivity contribution is 8.01. The predicted octanol–water partition coefficient (Wildman–Crippen LogP) is 5.80. The van der Waals surface area contributed by atoms with Crippen LogP contribution in [-0.4, -0.2) is 37.7 Å². The SMILES string of the molecule is O=C(O)CSc1cnc(NC(=O)c2nc(Sc3ccccn3)ccc2Sc2ccc(F)cc2)s1. The lowest BCUT2D eigenvalue weighted by molar-refractivity contribution is -0.133. The first-order chi connectivity index (χ1) is 16.5. The molecule has 4 rings (SSSR count). The topological polar surface area (TPSA) is 105 Å². The maximum absolute atomic E-state index is 13.3. The normalized spacial score (nSPS) is 10.7. The van der Waals surface area contributed by atoms with E-state index in [1.165, 1.54) is 53.2 Å². The van der Waals surface area contributed by atoms with E-state index < -0.39 is 11.9 Å². The summed E-state index contributed by atoms with van der Waals surface area (Å²) in [5, 5.41) is 13.2. The first kappa shape index (κ1) is 24.2. The van der Waals surface area contributed by atoms with Crippen molar-refractivity contribution >= 4 is 63.6 Å². The third-order valence-corrected chi connectivity index (χ3v) is 8.02. The van der Waals surface area contributed by atoms with Crippen LogP contribution in [0.1, 0.15) is 10.5 Å². The molecule has 2 N–H and O–H groups in total. The Bertz CT molecular complexity index is 1300. The minimum Gasteiger partial charge on any atom is -0.481 e. The third-order valence-electron chi connectivity index (χ3n) is 3.98. The Balaban J connectivity index is 1.58. The zero-order valence-corrected chi connectivity index (χ0v) is 20.4. The number of halogens is 1. The van der Waals surface area contributed by atoms with Crippen molar-refractivity contribution in [3.05, 3.63) is 78.5 Å². The van der Waals surface area contributed by atoms with Crippen molar-refractivity contribution in [3.63, 3.8) is 0 Å². The van der Waals surface area contributed by atoms with Gasteiger partial charge in [-0.1, -0.05) is 40.9 Å². The van der Waals surface area contributed by atoms with Gasteiger partial charge in [0, 0.05) is 16.0 Å². The summed E-state index contributed by atoms with van der Waals surface area (Å²) in [6.45, 7) is 0. The van der Waals surface area contributed by atoms with E-state index >= 15 is 0 Å². The van der Waals surface area contributed by atoms with Crippen molar-refractivity contribution in [2.75, 3.05) is 11.1 Å². The van der Waals surface area contributed by atoms with E-state index in [1.54, 1.807) is 30.5 Å². The van der Waals surface area contributed by atoms with E-state index in [2.05, 4.69) is 20.3 Å². The standard InChI is InChI=1S/C22H15FN4O3S4/c23-13-4-6-14(7-5-13)32-15-8-9-17(33-16-3-1-2-10-24-16)26-20(15)21(30)27-22-25-11-19(34-22)31-12-18(28)29/h1-11H,12H2,(H,28,29)(H,25,27,30). The van der Waals surface area contributed by atoms with Crippen molar-refractivity contribution in [1.82, 2.24) is 15.0 Å². The number of nitrogens with zero attached hydrogens (tertiary/aromatic N) is 3. The molecule has 12 heteroatoms. The lowest BCUT2D eigenvalue weighted by Crippen LogP contribution is -2.15. The van der Waals surface area contributed by atoms with Gasteiger partial charge in [0.05, 0.1) is 16.2 Å². The molecule has 7 nitrogen and oxygen atoms in total. The van der Waals surface area contributed by atoms with Crippen LogP contribution in [-0.2, 0) is 4.79 Å². The van der Waals surface area contributed by atoms with E-state index in [-0.39, 0.29) is 17.3 Å². The van der Waals surface area contributed by atoms with E-state index in [4.69, 9.17) is 5.11 Å². The molecule has 0 aliphatic heterocycles. The molecule has 0 saturated heterocycles. The molecule has 0 bridgehead atoms. The molecule has 0 aliphatic rings. The highest BCUT2D eigenvalue weighted by atomic mass is 32.2. The van der Waals surface area contributed by atoms with E-state index in [9.17, 15) is 14.0 Å². The zero-order chi connectivity index (χ0) is 23.9. The molecule has 1 aromatic carbocycles. The monoisotopic (exact) mass is 530 g/mol. The Kier molecular flexibility index (Phi) is 8.16. The number of amides is 1. The van der Waals surface area contributed by atoms with Crippen molar-refractivity contribution < 1.29 is 19.1 Å². The first-order valence-corrected chi connectivity index (χ1v) is 13.0. The van der Waals surface area contributed by atoms with Crippen LogP contribution >= 0.6 is 46.6 Å². The molecule has 0 aliphatic carbocycles. The van der Waals surface area contributed by atoms with Crippen LogP contribution < -0.4 is 5.32 Å². The van der Waals surface area contributed by atoms with Gasteiger partial charge in [0.2, 0.25) is 0 Å². The molecular formula is C22H15FN4O3S4. The number of anilines is 1. The summed E-state index contributed by atoms with van der Waals surface area (Å²) in [4.78, 5) is 38.2. The highest BCUT2D eigenvalue weighted by Gasteiger charge is 2.18. The van der Waals surface area contributed by atoms with Crippen molar-refractivity contribution in [2.24, 2.45) is 0 Å². The smallest absolute Gasteiger partial charge is 0.313 e. The summed E-state index contributed by atoms with van der Waals surface area (Å²) in [6, 6.07) is 15.1. The Morgan fingerprint density at radius 3 is 2.56 bits per heavy atom. The molecule has 4 aromatic rings. The fourth-order valence-corrected chi connectivity index (χ4v) is 5.78. The molecule has 1 amide bonds. The second kappa shape index (κ2) is 11.5. The van der Waals surface area contributed by atoms with Gasteiger partial charge in [-0.3, -0.25) is 14.9 Å². The largest absolute Gasteiger partial charge is 0.481 e. The van der Waals surface area contributed by atoms with E-state index in [1.807, 2.05) is 18.2 Å². The second-order valence-electron chi connectivity index (χ2n) is 6.44. The van der Waals surface area contributed by atoms with Gasteiger partial charge in [-0.05, 0) is 48.5 Å². The van der Waals surface area contributed by atoms with Crippen LogP contribution in [0.5, 0.6) is 0 Å². The number of carbonyl (C=O) groups excluding carboxylic acids is 1. The van der Waals surface area contributed by atoms with Gasteiger partial charge in [-0.25, -0.2) is 19.3 Å². The van der Waals surface area contributed by atoms with Crippen LogP contribution in [0.15, 0.2) is 91.0 Å². The molecule has 0 unspecified atom stereocenters. The Hall–Kier alpha value is -2.93. The maximum atomic E-state index is 13.3. The minimum atomic E-state index is -0.933. The summed E-state index contributed by atoms with van der Waals surface area (Å²) >= 11 is 4.92. The third kappa shape index (κ3) is 6.79. The molecule has 0 saturated carbocycles. The Morgan fingerprint density at radius 1 is 1.00 bits per heavy atom. The van der Waals surface area contributed by atoms with Crippen molar-refractivity contribution in [2.45, 2.75) is 24.1 Å². The van der Waals surface area contributed by atoms with Gasteiger partial charge in [0.1, 0.15) is 21.6 Å². The maximum Gasteiger partial charge on any atom is 0.313 e. The molecule has 34 heavy (non-hydrogen) atoms. The predicted molar refractivity (Wildman–Crippen MR) is 132 cm³/mol. The number of thiazole rings is 1. The summed E-state index contributed by atoms with van der Waals surface area (Å²) in [5.74, 6) is -1.83. The molecular weight excluding hydrogens is 516 g/mol. The summed E-state index contributed by atoms with van der Waals surface area (Å²) < 4.78 is 14.0. The number of aromatic nitrogens is 3. The minimum absolute atomic E-state index is 0.0949. The van der Waals surface area contributed by atoms with Crippen LogP contribution in [0, 0.1) is 5.82 Å². The molecule has 172 valence electrons. The average molecular weight is 531 g/mol. The van der Waals surface area contributed by atoms with Gasteiger partial charge in [0.25, 0.3) is 5.91 Å². The molecule has 0 fully saturated rings. The number of carboxylic acids is 1.